The largest absolute Gasteiger partial charge is 0.497 e. The van der Waals surface area contributed by atoms with Crippen LogP contribution < -0.4 is 10.5 Å². The van der Waals surface area contributed by atoms with Crippen LogP contribution in [0.1, 0.15) is 13.8 Å². The molecule has 1 heterocycles. The van der Waals surface area contributed by atoms with Crippen molar-refractivity contribution < 1.29 is 4.74 Å². The van der Waals surface area contributed by atoms with E-state index in [9.17, 15) is 0 Å². The second-order valence-corrected chi connectivity index (χ2v) is 5.05. The van der Waals surface area contributed by atoms with E-state index in [1.807, 2.05) is 22.8 Å². The lowest BCUT2D eigenvalue weighted by Gasteiger charge is -2.21. The van der Waals surface area contributed by atoms with E-state index in [1.165, 1.54) is 0 Å². The highest BCUT2D eigenvalue weighted by atomic mass is 16.5. The van der Waals surface area contributed by atoms with Crippen molar-refractivity contribution in [3.63, 3.8) is 0 Å². The maximum absolute atomic E-state index is 6.00. The van der Waals surface area contributed by atoms with Gasteiger partial charge in [0.15, 0.2) is 0 Å². The summed E-state index contributed by atoms with van der Waals surface area (Å²) in [6.07, 6.45) is 0. The molecule has 0 atom stereocenters. The summed E-state index contributed by atoms with van der Waals surface area (Å²) in [7, 11) is 3.78. The predicted octanol–water partition coefficient (Wildman–Crippen LogP) is 1.97. The lowest BCUT2D eigenvalue weighted by molar-refractivity contribution is 0.264. The second-order valence-electron chi connectivity index (χ2n) is 5.05. The maximum atomic E-state index is 6.00. The fraction of sp³-hybridized carbons (Fsp3) is 0.500. The van der Waals surface area contributed by atoms with Gasteiger partial charge in [0, 0.05) is 25.2 Å². The number of hydrogen-bond donors (Lipinski definition) is 1. The van der Waals surface area contributed by atoms with Crippen molar-refractivity contribution in [2.45, 2.75) is 26.4 Å². The number of ether oxygens (including phenoxy) is 1. The van der Waals surface area contributed by atoms with Gasteiger partial charge in [0.05, 0.1) is 18.1 Å². The molecule has 1 aromatic heterocycles. The quantitative estimate of drug-likeness (QED) is 0.895. The highest BCUT2D eigenvalue weighted by molar-refractivity contribution is 5.79. The molecule has 2 rings (SSSR count). The summed E-state index contributed by atoms with van der Waals surface area (Å²) in [6.45, 7) is 6.12. The first-order chi connectivity index (χ1) is 9.02. The highest BCUT2D eigenvalue weighted by Gasteiger charge is 2.10. The minimum Gasteiger partial charge on any atom is -0.497 e. The summed E-state index contributed by atoms with van der Waals surface area (Å²) in [5, 5.41) is 0. The van der Waals surface area contributed by atoms with Crippen LogP contribution in [0.5, 0.6) is 5.75 Å². The Morgan fingerprint density at radius 2 is 2.16 bits per heavy atom. The first-order valence-corrected chi connectivity index (χ1v) is 6.53. The van der Waals surface area contributed by atoms with Gasteiger partial charge in [-0.2, -0.15) is 0 Å². The third-order valence-corrected chi connectivity index (χ3v) is 3.54. The minimum atomic E-state index is 0.519. The number of benzene rings is 1. The molecule has 0 radical (unpaired) electrons. The normalized spacial score (nSPS) is 11.7. The third kappa shape index (κ3) is 2.81. The number of hydrogen-bond acceptors (Lipinski definition) is 4. The van der Waals surface area contributed by atoms with Crippen LogP contribution in [0.25, 0.3) is 11.0 Å². The molecule has 2 N–H and O–H groups in total. The SMILES string of the molecule is COc1ccc2nc(N)n(CCN(C)C(C)C)c2c1. The van der Waals surface area contributed by atoms with Gasteiger partial charge in [-0.3, -0.25) is 0 Å². The van der Waals surface area contributed by atoms with Gasteiger partial charge in [0.25, 0.3) is 0 Å². The molecule has 0 aliphatic heterocycles. The fourth-order valence-corrected chi connectivity index (χ4v) is 2.00. The Morgan fingerprint density at radius 1 is 1.42 bits per heavy atom. The molecule has 0 aliphatic rings. The fourth-order valence-electron chi connectivity index (χ4n) is 2.00. The molecule has 5 nitrogen and oxygen atoms in total. The molecule has 0 unspecified atom stereocenters. The van der Waals surface area contributed by atoms with E-state index in [0.717, 1.165) is 29.9 Å². The van der Waals surface area contributed by atoms with E-state index < -0.39 is 0 Å². The van der Waals surface area contributed by atoms with E-state index >= 15 is 0 Å². The second kappa shape index (κ2) is 5.48. The zero-order valence-electron chi connectivity index (χ0n) is 12.1. The van der Waals surface area contributed by atoms with Gasteiger partial charge in [-0.1, -0.05) is 0 Å². The number of rotatable bonds is 5. The predicted molar refractivity (Wildman–Crippen MR) is 78.5 cm³/mol. The van der Waals surface area contributed by atoms with Gasteiger partial charge in [-0.15, -0.1) is 0 Å². The minimum absolute atomic E-state index is 0.519. The molecule has 0 saturated heterocycles. The van der Waals surface area contributed by atoms with E-state index in [4.69, 9.17) is 10.5 Å². The van der Waals surface area contributed by atoms with Crippen LogP contribution >= 0.6 is 0 Å². The lowest BCUT2D eigenvalue weighted by Crippen LogP contribution is -2.29. The molecule has 0 bridgehead atoms. The number of fused-ring (bicyclic) bond motifs is 1. The topological polar surface area (TPSA) is 56.3 Å². The zero-order chi connectivity index (χ0) is 14.0. The molecule has 5 heteroatoms. The van der Waals surface area contributed by atoms with Gasteiger partial charge in [0.2, 0.25) is 5.95 Å². The van der Waals surface area contributed by atoms with Crippen molar-refractivity contribution in [3.8, 4) is 5.75 Å². The van der Waals surface area contributed by atoms with Gasteiger partial charge in [0.1, 0.15) is 5.75 Å². The number of nitrogens with two attached hydrogens (primary N) is 1. The van der Waals surface area contributed by atoms with Crippen molar-refractivity contribution in [3.05, 3.63) is 18.2 Å². The maximum Gasteiger partial charge on any atom is 0.201 e. The molecule has 0 amide bonds. The number of anilines is 1. The van der Waals surface area contributed by atoms with Crippen molar-refractivity contribution in [1.29, 1.82) is 0 Å². The lowest BCUT2D eigenvalue weighted by atomic mass is 10.3. The standard InChI is InChI=1S/C14H22N4O/c1-10(2)17(3)7-8-18-13-9-11(19-4)5-6-12(13)16-14(18)15/h5-6,9-10H,7-8H2,1-4H3,(H2,15,16). The molecule has 2 aromatic rings. The Hall–Kier alpha value is -1.75. The monoisotopic (exact) mass is 262 g/mol. The first-order valence-electron chi connectivity index (χ1n) is 6.53. The number of nitrogens with zero attached hydrogens (tertiary/aromatic N) is 3. The highest BCUT2D eigenvalue weighted by Crippen LogP contribution is 2.23. The van der Waals surface area contributed by atoms with Crippen LogP contribution in [-0.2, 0) is 6.54 Å². The van der Waals surface area contributed by atoms with Crippen molar-refractivity contribution >= 4 is 17.0 Å². The van der Waals surface area contributed by atoms with Crippen LogP contribution in [-0.4, -0.2) is 41.2 Å². The van der Waals surface area contributed by atoms with Gasteiger partial charge >= 0.3 is 0 Å². The molecule has 0 spiro atoms. The van der Waals surface area contributed by atoms with Crippen molar-refractivity contribution in [2.75, 3.05) is 26.4 Å². The molecular formula is C14H22N4O. The van der Waals surface area contributed by atoms with E-state index in [-0.39, 0.29) is 0 Å². The average molecular weight is 262 g/mol. The number of nitrogen functional groups attached to an aromatic ring is 1. The van der Waals surface area contributed by atoms with Crippen LogP contribution in [0.15, 0.2) is 18.2 Å². The van der Waals surface area contributed by atoms with Gasteiger partial charge in [-0.25, -0.2) is 4.98 Å². The van der Waals surface area contributed by atoms with Crippen molar-refractivity contribution in [2.24, 2.45) is 0 Å². The Bertz CT molecular complexity index is 562. The van der Waals surface area contributed by atoms with Gasteiger partial charge in [-0.05, 0) is 33.0 Å². The summed E-state index contributed by atoms with van der Waals surface area (Å²) in [6, 6.07) is 6.34. The number of likely N-dealkylation sites (N-methyl/N-ethyl adjacent to an activating group) is 1. The van der Waals surface area contributed by atoms with Crippen LogP contribution in [0.2, 0.25) is 0 Å². The molecule has 104 valence electrons. The van der Waals surface area contributed by atoms with Gasteiger partial charge < -0.3 is 19.9 Å². The average Bonchev–Trinajstić information content (AvgIpc) is 2.70. The summed E-state index contributed by atoms with van der Waals surface area (Å²) < 4.78 is 7.30. The van der Waals surface area contributed by atoms with E-state index in [2.05, 4.69) is 30.8 Å². The molecule has 1 aromatic carbocycles. The Balaban J connectivity index is 2.28. The van der Waals surface area contributed by atoms with Crippen molar-refractivity contribution in [1.82, 2.24) is 14.5 Å². The zero-order valence-corrected chi connectivity index (χ0v) is 12.1. The van der Waals surface area contributed by atoms with Crippen LogP contribution in [0.4, 0.5) is 5.95 Å². The Kier molecular flexibility index (Phi) is 3.95. The molecular weight excluding hydrogens is 240 g/mol. The van der Waals surface area contributed by atoms with E-state index in [1.54, 1.807) is 7.11 Å². The van der Waals surface area contributed by atoms with E-state index in [0.29, 0.717) is 12.0 Å². The first kappa shape index (κ1) is 13.7. The molecule has 0 saturated carbocycles. The van der Waals surface area contributed by atoms with Crippen LogP contribution in [0.3, 0.4) is 0 Å². The number of aromatic nitrogens is 2. The summed E-state index contributed by atoms with van der Waals surface area (Å²) in [5.74, 6) is 1.38. The van der Waals surface area contributed by atoms with Crippen LogP contribution in [0, 0.1) is 0 Å². The smallest absolute Gasteiger partial charge is 0.201 e. The Morgan fingerprint density at radius 3 is 2.79 bits per heavy atom. The molecule has 0 fully saturated rings. The Labute approximate surface area is 114 Å². The molecule has 0 aliphatic carbocycles. The third-order valence-electron chi connectivity index (χ3n) is 3.54. The summed E-state index contributed by atoms with van der Waals surface area (Å²) >= 11 is 0. The number of imidazole rings is 1. The summed E-state index contributed by atoms with van der Waals surface area (Å²) in [5.41, 5.74) is 7.93. The molecule has 19 heavy (non-hydrogen) atoms. The summed E-state index contributed by atoms with van der Waals surface area (Å²) in [4.78, 5) is 6.66. The number of methoxy groups -OCH3 is 1.